The molecule has 88 valence electrons. The smallest absolute Gasteiger partial charge is 0.237 e. The van der Waals surface area contributed by atoms with Crippen LogP contribution in [-0.4, -0.2) is 29.2 Å². The third-order valence-electron chi connectivity index (χ3n) is 3.08. The standard InChI is InChI=1S/C11H22N2O2/c1-7(2)10(12)11(15)13-8-5-3-4-6-9(8)14/h7-10,14H,3-6,12H2,1-2H3,(H,13,15)/t8?,9?,10-/m1/s1. The van der Waals surface area contributed by atoms with Crippen LogP contribution in [0.15, 0.2) is 0 Å². The highest BCUT2D eigenvalue weighted by Gasteiger charge is 2.27. The lowest BCUT2D eigenvalue weighted by Crippen LogP contribution is -2.52. The van der Waals surface area contributed by atoms with Gasteiger partial charge in [0.05, 0.1) is 18.2 Å². The highest BCUT2D eigenvalue weighted by atomic mass is 16.3. The summed E-state index contributed by atoms with van der Waals surface area (Å²) in [6.45, 7) is 3.84. The van der Waals surface area contributed by atoms with Gasteiger partial charge in [-0.15, -0.1) is 0 Å². The Morgan fingerprint density at radius 2 is 2.00 bits per heavy atom. The molecular weight excluding hydrogens is 192 g/mol. The van der Waals surface area contributed by atoms with Gasteiger partial charge in [0.15, 0.2) is 0 Å². The van der Waals surface area contributed by atoms with E-state index in [1.165, 1.54) is 0 Å². The van der Waals surface area contributed by atoms with E-state index in [-0.39, 0.29) is 17.9 Å². The Labute approximate surface area is 91.2 Å². The first kappa shape index (κ1) is 12.5. The van der Waals surface area contributed by atoms with Gasteiger partial charge in [0, 0.05) is 0 Å². The zero-order valence-electron chi connectivity index (χ0n) is 9.57. The van der Waals surface area contributed by atoms with Crippen molar-refractivity contribution in [2.45, 2.75) is 57.7 Å². The Morgan fingerprint density at radius 3 is 2.53 bits per heavy atom. The first-order valence-electron chi connectivity index (χ1n) is 5.76. The fourth-order valence-electron chi connectivity index (χ4n) is 1.86. The number of aliphatic hydroxyl groups excluding tert-OH is 1. The summed E-state index contributed by atoms with van der Waals surface area (Å²) in [4.78, 5) is 11.7. The van der Waals surface area contributed by atoms with Crippen LogP contribution < -0.4 is 11.1 Å². The van der Waals surface area contributed by atoms with Gasteiger partial charge >= 0.3 is 0 Å². The molecule has 15 heavy (non-hydrogen) atoms. The highest BCUT2D eigenvalue weighted by Crippen LogP contribution is 2.18. The molecule has 4 N–H and O–H groups in total. The topological polar surface area (TPSA) is 75.4 Å². The summed E-state index contributed by atoms with van der Waals surface area (Å²) in [7, 11) is 0. The van der Waals surface area contributed by atoms with Crippen LogP contribution in [0.1, 0.15) is 39.5 Å². The van der Waals surface area contributed by atoms with E-state index >= 15 is 0 Å². The Bertz CT molecular complexity index is 219. The second-order valence-electron chi connectivity index (χ2n) is 4.74. The highest BCUT2D eigenvalue weighted by molar-refractivity contribution is 5.82. The number of hydrogen-bond acceptors (Lipinski definition) is 3. The molecule has 4 nitrogen and oxygen atoms in total. The minimum atomic E-state index is -0.473. The summed E-state index contributed by atoms with van der Waals surface area (Å²) in [5.74, 6) is -0.0123. The average Bonchev–Trinajstić information content (AvgIpc) is 2.20. The summed E-state index contributed by atoms with van der Waals surface area (Å²) in [6.07, 6.45) is 3.35. The van der Waals surface area contributed by atoms with Crippen LogP contribution in [0.2, 0.25) is 0 Å². The van der Waals surface area contributed by atoms with Crippen LogP contribution in [0.3, 0.4) is 0 Å². The summed E-state index contributed by atoms with van der Waals surface area (Å²) < 4.78 is 0. The van der Waals surface area contributed by atoms with Crippen molar-refractivity contribution >= 4 is 5.91 Å². The molecule has 0 aliphatic heterocycles. The molecule has 0 aromatic heterocycles. The lowest BCUT2D eigenvalue weighted by atomic mass is 9.92. The van der Waals surface area contributed by atoms with Crippen LogP contribution in [0.25, 0.3) is 0 Å². The van der Waals surface area contributed by atoms with E-state index < -0.39 is 12.1 Å². The zero-order valence-corrected chi connectivity index (χ0v) is 9.57. The van der Waals surface area contributed by atoms with Gasteiger partial charge in [0.1, 0.15) is 0 Å². The molecule has 0 saturated heterocycles. The predicted molar refractivity (Wildman–Crippen MR) is 59.2 cm³/mol. The maximum atomic E-state index is 11.7. The molecule has 0 spiro atoms. The fourth-order valence-corrected chi connectivity index (χ4v) is 1.86. The minimum Gasteiger partial charge on any atom is -0.391 e. The summed E-state index contributed by atoms with van der Waals surface area (Å²) in [5.41, 5.74) is 5.73. The van der Waals surface area contributed by atoms with E-state index in [4.69, 9.17) is 5.73 Å². The molecule has 1 amide bonds. The first-order chi connectivity index (χ1) is 7.02. The molecule has 1 aliphatic rings. The normalized spacial score (nSPS) is 28.9. The third-order valence-corrected chi connectivity index (χ3v) is 3.08. The van der Waals surface area contributed by atoms with Crippen molar-refractivity contribution < 1.29 is 9.90 Å². The quantitative estimate of drug-likeness (QED) is 0.636. The Morgan fingerprint density at radius 1 is 1.40 bits per heavy atom. The van der Waals surface area contributed by atoms with E-state index in [9.17, 15) is 9.90 Å². The van der Waals surface area contributed by atoms with Gasteiger partial charge in [-0.1, -0.05) is 26.7 Å². The van der Waals surface area contributed by atoms with Crippen LogP contribution >= 0.6 is 0 Å². The van der Waals surface area contributed by atoms with Crippen molar-refractivity contribution in [3.05, 3.63) is 0 Å². The average molecular weight is 214 g/mol. The van der Waals surface area contributed by atoms with E-state index in [2.05, 4.69) is 5.32 Å². The minimum absolute atomic E-state index is 0.101. The van der Waals surface area contributed by atoms with Crippen molar-refractivity contribution in [1.29, 1.82) is 0 Å². The molecule has 0 bridgehead atoms. The number of carbonyl (C=O) groups excluding carboxylic acids is 1. The lowest BCUT2D eigenvalue weighted by Gasteiger charge is -2.29. The van der Waals surface area contributed by atoms with E-state index in [1.54, 1.807) is 0 Å². The molecule has 0 aromatic carbocycles. The maximum Gasteiger partial charge on any atom is 0.237 e. The Kier molecular flexibility index (Phi) is 4.54. The van der Waals surface area contributed by atoms with Gasteiger partial charge in [0.25, 0.3) is 0 Å². The van der Waals surface area contributed by atoms with Gasteiger partial charge in [-0.2, -0.15) is 0 Å². The zero-order chi connectivity index (χ0) is 11.4. The number of nitrogens with one attached hydrogen (secondary N) is 1. The summed E-state index contributed by atoms with van der Waals surface area (Å²) >= 11 is 0. The van der Waals surface area contributed by atoms with Gasteiger partial charge in [-0.05, 0) is 18.8 Å². The molecule has 0 aromatic rings. The lowest BCUT2D eigenvalue weighted by molar-refractivity contribution is -0.125. The SMILES string of the molecule is CC(C)[C@@H](N)C(=O)NC1CCCCC1O. The van der Waals surface area contributed by atoms with E-state index in [0.717, 1.165) is 25.7 Å². The molecule has 4 heteroatoms. The summed E-state index contributed by atoms with van der Waals surface area (Å²) in [6, 6.07) is -0.574. The van der Waals surface area contributed by atoms with Gasteiger partial charge in [-0.3, -0.25) is 4.79 Å². The van der Waals surface area contributed by atoms with Crippen molar-refractivity contribution in [1.82, 2.24) is 5.32 Å². The summed E-state index contributed by atoms with van der Waals surface area (Å²) in [5, 5.41) is 12.5. The van der Waals surface area contributed by atoms with Crippen LogP contribution in [0, 0.1) is 5.92 Å². The van der Waals surface area contributed by atoms with Crippen LogP contribution in [0.4, 0.5) is 0 Å². The maximum absolute atomic E-state index is 11.7. The number of carbonyl (C=O) groups is 1. The second kappa shape index (κ2) is 5.47. The van der Waals surface area contributed by atoms with E-state index in [1.807, 2.05) is 13.8 Å². The van der Waals surface area contributed by atoms with Crippen molar-refractivity contribution in [2.75, 3.05) is 0 Å². The predicted octanol–water partition coefficient (Wildman–Crippen LogP) is 0.389. The first-order valence-corrected chi connectivity index (χ1v) is 5.76. The Balaban J connectivity index is 2.42. The van der Waals surface area contributed by atoms with Crippen molar-refractivity contribution in [2.24, 2.45) is 11.7 Å². The number of amides is 1. The second-order valence-corrected chi connectivity index (χ2v) is 4.74. The van der Waals surface area contributed by atoms with Crippen LogP contribution in [0.5, 0.6) is 0 Å². The van der Waals surface area contributed by atoms with Gasteiger partial charge in [-0.25, -0.2) is 0 Å². The molecule has 1 fully saturated rings. The number of aliphatic hydroxyl groups is 1. The number of hydrogen-bond donors (Lipinski definition) is 3. The molecule has 1 rings (SSSR count). The molecule has 1 saturated carbocycles. The molecular formula is C11H22N2O2. The fraction of sp³-hybridized carbons (Fsp3) is 0.909. The van der Waals surface area contributed by atoms with Gasteiger partial charge < -0.3 is 16.2 Å². The molecule has 2 unspecified atom stereocenters. The Hall–Kier alpha value is -0.610. The van der Waals surface area contributed by atoms with Crippen molar-refractivity contribution in [3.63, 3.8) is 0 Å². The molecule has 1 aliphatic carbocycles. The molecule has 3 atom stereocenters. The monoisotopic (exact) mass is 214 g/mol. The van der Waals surface area contributed by atoms with Crippen molar-refractivity contribution in [3.8, 4) is 0 Å². The molecule has 0 radical (unpaired) electrons. The molecule has 0 heterocycles. The van der Waals surface area contributed by atoms with E-state index in [0.29, 0.717) is 0 Å². The third kappa shape index (κ3) is 3.47. The largest absolute Gasteiger partial charge is 0.391 e. The van der Waals surface area contributed by atoms with Crippen LogP contribution in [-0.2, 0) is 4.79 Å². The number of rotatable bonds is 3. The number of nitrogens with two attached hydrogens (primary N) is 1. The van der Waals surface area contributed by atoms with Gasteiger partial charge in [0.2, 0.25) is 5.91 Å².